The topological polar surface area (TPSA) is 94.5 Å². The first-order valence-electron chi connectivity index (χ1n) is 8.48. The highest BCUT2D eigenvalue weighted by Gasteiger charge is 2.20. The molecule has 10 heteroatoms. The summed E-state index contributed by atoms with van der Waals surface area (Å²) in [7, 11) is -3.99. The summed E-state index contributed by atoms with van der Waals surface area (Å²) >= 11 is 11.6. The van der Waals surface area contributed by atoms with Gasteiger partial charge >= 0.3 is 5.97 Å². The predicted octanol–water partition coefficient (Wildman–Crippen LogP) is 3.30. The molecule has 0 amide bonds. The Bertz CT molecular complexity index is 1060. The van der Waals surface area contributed by atoms with E-state index in [1.807, 2.05) is 11.5 Å². The number of aryl methyl sites for hydroxylation is 1. The minimum atomic E-state index is -3.99. The molecule has 0 aliphatic carbocycles. The van der Waals surface area contributed by atoms with Crippen molar-refractivity contribution >= 4 is 45.0 Å². The van der Waals surface area contributed by atoms with Gasteiger partial charge in [0.05, 0.1) is 14.9 Å². The Morgan fingerprint density at radius 2 is 1.90 bits per heavy atom. The van der Waals surface area contributed by atoms with E-state index in [1.165, 1.54) is 18.2 Å². The van der Waals surface area contributed by atoms with E-state index in [0.717, 1.165) is 11.4 Å². The van der Waals surface area contributed by atoms with Crippen LogP contribution in [0.25, 0.3) is 0 Å². The van der Waals surface area contributed by atoms with E-state index in [-0.39, 0.29) is 20.7 Å². The lowest BCUT2D eigenvalue weighted by Gasteiger charge is -2.08. The van der Waals surface area contributed by atoms with Gasteiger partial charge in [-0.25, -0.2) is 8.42 Å². The monoisotopic (exact) mass is 458 g/mol. The number of aromatic nitrogens is 1. The summed E-state index contributed by atoms with van der Waals surface area (Å²) in [6, 6.07) is 5.46. The number of benzene rings is 1. The summed E-state index contributed by atoms with van der Waals surface area (Å²) in [5.74, 6) is -1.27. The molecule has 0 saturated carbocycles. The molecule has 0 spiro atoms. The number of halogens is 2. The number of Topliss-reactive ketones (excluding diaryl/α,β-unsaturated/α-hetero) is 1. The molecule has 2 rings (SSSR count). The lowest BCUT2D eigenvalue weighted by atomic mass is 10.1. The zero-order valence-electron chi connectivity index (χ0n) is 15.9. The molecule has 1 aromatic carbocycles. The highest BCUT2D eigenvalue weighted by Crippen LogP contribution is 2.24. The average molecular weight is 459 g/mol. The minimum absolute atomic E-state index is 0.0665. The molecule has 0 saturated heterocycles. The van der Waals surface area contributed by atoms with Crippen LogP contribution in [0, 0.1) is 13.8 Å². The Morgan fingerprint density at radius 1 is 1.21 bits per heavy atom. The Morgan fingerprint density at radius 3 is 2.52 bits per heavy atom. The second-order valence-electron chi connectivity index (χ2n) is 6.17. The Kier molecular flexibility index (Phi) is 7.65. The lowest BCUT2D eigenvalue weighted by Crippen LogP contribution is -2.31. The van der Waals surface area contributed by atoms with E-state index in [2.05, 4.69) is 11.3 Å². The maximum atomic E-state index is 12.3. The van der Waals surface area contributed by atoms with Gasteiger partial charge in [0.25, 0.3) is 0 Å². The lowest BCUT2D eigenvalue weighted by molar-refractivity contribution is -0.141. The van der Waals surface area contributed by atoms with Crippen molar-refractivity contribution in [3.8, 4) is 0 Å². The highest BCUT2D eigenvalue weighted by molar-refractivity contribution is 7.89. The van der Waals surface area contributed by atoms with Crippen molar-refractivity contribution in [2.24, 2.45) is 0 Å². The SMILES string of the molecule is C=CCn1c(C)cc(C(=O)COC(=O)CNS(=O)(=O)c2ccc(Cl)c(Cl)c2)c1C. The van der Waals surface area contributed by atoms with E-state index >= 15 is 0 Å². The van der Waals surface area contributed by atoms with Gasteiger partial charge in [0, 0.05) is 23.5 Å². The first-order chi connectivity index (χ1) is 13.6. The second kappa shape index (κ2) is 9.58. The van der Waals surface area contributed by atoms with Gasteiger partial charge in [-0.05, 0) is 38.1 Å². The number of nitrogens with one attached hydrogen (secondary N) is 1. The number of hydrogen-bond acceptors (Lipinski definition) is 5. The van der Waals surface area contributed by atoms with E-state index in [4.69, 9.17) is 27.9 Å². The third-order valence-corrected chi connectivity index (χ3v) is 6.30. The zero-order valence-corrected chi connectivity index (χ0v) is 18.2. The molecule has 0 atom stereocenters. The molecule has 0 bridgehead atoms. The number of hydrogen-bond donors (Lipinski definition) is 1. The van der Waals surface area contributed by atoms with E-state index in [9.17, 15) is 18.0 Å². The van der Waals surface area contributed by atoms with Crippen LogP contribution in [0.5, 0.6) is 0 Å². The Hall–Kier alpha value is -2.13. The van der Waals surface area contributed by atoms with E-state index < -0.39 is 29.1 Å². The van der Waals surface area contributed by atoms with Crippen molar-refractivity contribution in [1.82, 2.24) is 9.29 Å². The third-order valence-electron chi connectivity index (χ3n) is 4.16. The fraction of sp³-hybridized carbons (Fsp3) is 0.263. The number of ether oxygens (including phenoxy) is 1. The molecule has 1 aromatic heterocycles. The normalized spacial score (nSPS) is 11.3. The molecule has 0 unspecified atom stereocenters. The fourth-order valence-electron chi connectivity index (χ4n) is 2.65. The molecule has 7 nitrogen and oxygen atoms in total. The average Bonchev–Trinajstić information content (AvgIpc) is 2.95. The number of esters is 1. The van der Waals surface area contributed by atoms with Gasteiger partial charge in [-0.3, -0.25) is 9.59 Å². The summed E-state index contributed by atoms with van der Waals surface area (Å²) in [6.45, 7) is 6.75. The van der Waals surface area contributed by atoms with Crippen LogP contribution in [-0.2, 0) is 26.1 Å². The summed E-state index contributed by atoms with van der Waals surface area (Å²) in [6.07, 6.45) is 1.72. The van der Waals surface area contributed by atoms with Crippen LogP contribution in [0.2, 0.25) is 10.0 Å². The molecule has 0 fully saturated rings. The first kappa shape index (κ1) is 23.2. The molecular weight excluding hydrogens is 439 g/mol. The maximum Gasteiger partial charge on any atom is 0.321 e. The highest BCUT2D eigenvalue weighted by atomic mass is 35.5. The molecule has 1 heterocycles. The Labute approximate surface area is 179 Å². The van der Waals surface area contributed by atoms with Gasteiger partial charge in [-0.15, -0.1) is 6.58 Å². The summed E-state index contributed by atoms with van der Waals surface area (Å²) in [5, 5.41) is 0.271. The Balaban J connectivity index is 1.94. The van der Waals surface area contributed by atoms with Crippen molar-refractivity contribution in [3.05, 3.63) is 63.9 Å². The molecule has 2 aromatic rings. The van der Waals surface area contributed by atoms with E-state index in [0.29, 0.717) is 12.1 Å². The molecular formula is C19H20Cl2N2O5S. The van der Waals surface area contributed by atoms with Crippen molar-refractivity contribution < 1.29 is 22.7 Å². The number of carbonyl (C=O) groups is 2. The number of rotatable bonds is 9. The molecule has 0 radical (unpaired) electrons. The van der Waals surface area contributed by atoms with Gasteiger partial charge in [0.1, 0.15) is 6.54 Å². The van der Waals surface area contributed by atoms with Gasteiger partial charge in [0.2, 0.25) is 15.8 Å². The van der Waals surface area contributed by atoms with Crippen LogP contribution in [0.3, 0.4) is 0 Å². The van der Waals surface area contributed by atoms with Crippen molar-refractivity contribution in [1.29, 1.82) is 0 Å². The first-order valence-corrected chi connectivity index (χ1v) is 10.7. The fourth-order valence-corrected chi connectivity index (χ4v) is 4.01. The summed E-state index contributed by atoms with van der Waals surface area (Å²) < 4.78 is 33.3. The van der Waals surface area contributed by atoms with Crippen LogP contribution >= 0.6 is 23.2 Å². The van der Waals surface area contributed by atoms with Gasteiger partial charge < -0.3 is 9.30 Å². The molecule has 156 valence electrons. The van der Waals surface area contributed by atoms with Gasteiger partial charge in [-0.2, -0.15) is 4.72 Å². The van der Waals surface area contributed by atoms with Crippen molar-refractivity contribution in [2.75, 3.05) is 13.2 Å². The van der Waals surface area contributed by atoms with Crippen LogP contribution in [0.1, 0.15) is 21.7 Å². The number of nitrogens with zero attached hydrogens (tertiary/aromatic N) is 1. The van der Waals surface area contributed by atoms with Crippen molar-refractivity contribution in [3.63, 3.8) is 0 Å². The molecule has 0 aliphatic heterocycles. The number of sulfonamides is 1. The van der Waals surface area contributed by atoms with Crippen molar-refractivity contribution in [2.45, 2.75) is 25.3 Å². The predicted molar refractivity (Wildman–Crippen MR) is 111 cm³/mol. The van der Waals surface area contributed by atoms with Gasteiger partial charge in [-0.1, -0.05) is 29.3 Å². The van der Waals surface area contributed by atoms with Crippen LogP contribution < -0.4 is 4.72 Å². The number of carbonyl (C=O) groups excluding carboxylic acids is 2. The quantitative estimate of drug-likeness (QED) is 0.353. The van der Waals surface area contributed by atoms with Crippen LogP contribution in [0.4, 0.5) is 0 Å². The minimum Gasteiger partial charge on any atom is -0.456 e. The van der Waals surface area contributed by atoms with E-state index in [1.54, 1.807) is 19.1 Å². The van der Waals surface area contributed by atoms with Crippen LogP contribution in [0.15, 0.2) is 41.8 Å². The number of allylic oxidation sites excluding steroid dienone is 1. The van der Waals surface area contributed by atoms with Crippen LogP contribution in [-0.4, -0.2) is 37.9 Å². The standard InChI is InChI=1S/C19H20Cl2N2O5S/c1-4-7-23-12(2)8-15(13(23)3)18(24)11-28-19(25)10-22-29(26,27)14-5-6-16(20)17(21)9-14/h4-6,8-9,22H,1,7,10-11H2,2-3H3. The third kappa shape index (κ3) is 5.70. The smallest absolute Gasteiger partial charge is 0.321 e. The number of ketones is 1. The maximum absolute atomic E-state index is 12.3. The largest absolute Gasteiger partial charge is 0.456 e. The summed E-state index contributed by atoms with van der Waals surface area (Å²) in [5.41, 5.74) is 2.06. The second-order valence-corrected chi connectivity index (χ2v) is 8.75. The zero-order chi connectivity index (χ0) is 21.8. The molecule has 29 heavy (non-hydrogen) atoms. The van der Waals surface area contributed by atoms with Gasteiger partial charge in [0.15, 0.2) is 6.61 Å². The molecule has 1 N–H and O–H groups in total. The molecule has 0 aliphatic rings. The summed E-state index contributed by atoms with van der Waals surface area (Å²) in [4.78, 5) is 24.1.